The molecule has 0 aliphatic rings. The lowest BCUT2D eigenvalue weighted by Gasteiger charge is -1.88. The lowest BCUT2D eigenvalue weighted by atomic mass is 10.4. The van der Waals surface area contributed by atoms with Crippen molar-refractivity contribution < 1.29 is 19.4 Å². The van der Waals surface area contributed by atoms with Crippen molar-refractivity contribution in [3.8, 4) is 0 Å². The van der Waals surface area contributed by atoms with E-state index >= 15 is 0 Å². The topological polar surface area (TPSA) is 63.6 Å². The number of carbonyl (C=O) groups excluding carboxylic acids is 1. The van der Waals surface area contributed by atoms with Crippen LogP contribution in [0.1, 0.15) is 20.3 Å². The van der Waals surface area contributed by atoms with Crippen LogP contribution in [0.25, 0.3) is 0 Å². The van der Waals surface area contributed by atoms with Crippen molar-refractivity contribution in [3.63, 3.8) is 0 Å². The maximum Gasteiger partial charge on any atom is 0.330 e. The normalized spacial score (nSPS) is 7.54. The summed E-state index contributed by atoms with van der Waals surface area (Å²) in [6, 6.07) is 0. The van der Waals surface area contributed by atoms with Crippen molar-refractivity contribution in [2.75, 3.05) is 0 Å². The van der Waals surface area contributed by atoms with E-state index in [0.29, 0.717) is 6.42 Å². The maximum absolute atomic E-state index is 10.1. The first-order valence-electron chi connectivity index (χ1n) is 3.64. The summed E-state index contributed by atoms with van der Waals surface area (Å²) in [6.07, 6.45) is 1.54. The molecule has 0 aromatic rings. The van der Waals surface area contributed by atoms with Crippen molar-refractivity contribution in [1.82, 2.24) is 0 Å². The molecule has 1 N–H and O–H groups in total. The molecule has 0 unspecified atom stereocenters. The highest BCUT2D eigenvalue weighted by Crippen LogP contribution is 1.81. The Bertz CT molecular complexity index is 194. The fourth-order valence-electron chi connectivity index (χ4n) is 0.176. The van der Waals surface area contributed by atoms with E-state index in [9.17, 15) is 9.59 Å². The second-order valence-corrected chi connectivity index (χ2v) is 2.10. The van der Waals surface area contributed by atoms with Gasteiger partial charge in [-0.25, -0.2) is 4.79 Å². The summed E-state index contributed by atoms with van der Waals surface area (Å²) in [7, 11) is 0. The molecule has 0 saturated heterocycles. The van der Waals surface area contributed by atoms with Gasteiger partial charge in [-0.3, -0.25) is 4.79 Å². The summed E-state index contributed by atoms with van der Waals surface area (Å²) in [5.41, 5.74) is 0.176. The fourth-order valence-corrected chi connectivity index (χ4v) is 0.176. The highest BCUT2D eigenvalue weighted by atomic mass is 16.5. The molecule has 13 heavy (non-hydrogen) atoms. The highest BCUT2D eigenvalue weighted by Gasteiger charge is 1.90. The zero-order valence-electron chi connectivity index (χ0n) is 7.87. The van der Waals surface area contributed by atoms with Gasteiger partial charge < -0.3 is 9.84 Å². The van der Waals surface area contributed by atoms with Crippen molar-refractivity contribution in [1.29, 1.82) is 0 Å². The molecule has 4 heteroatoms. The van der Waals surface area contributed by atoms with Crippen molar-refractivity contribution in [2.45, 2.75) is 20.3 Å². The van der Waals surface area contributed by atoms with Gasteiger partial charge in [-0.2, -0.15) is 0 Å². The van der Waals surface area contributed by atoms with E-state index in [0.717, 1.165) is 6.26 Å². The smallest absolute Gasteiger partial charge is 0.330 e. The molecular weight excluding hydrogens is 172 g/mol. The average Bonchev–Trinajstić information content (AvgIpc) is 2.05. The van der Waals surface area contributed by atoms with Gasteiger partial charge in [0.15, 0.2) is 0 Å². The Morgan fingerprint density at radius 2 is 1.92 bits per heavy atom. The van der Waals surface area contributed by atoms with Gasteiger partial charge >= 0.3 is 11.9 Å². The van der Waals surface area contributed by atoms with Gasteiger partial charge in [0.05, 0.1) is 6.26 Å². The molecule has 0 spiro atoms. The second-order valence-electron chi connectivity index (χ2n) is 2.10. The molecule has 0 aromatic heterocycles. The number of esters is 1. The summed E-state index contributed by atoms with van der Waals surface area (Å²) in [6.45, 7) is 9.54. The highest BCUT2D eigenvalue weighted by molar-refractivity contribution is 5.84. The molecular formula is C9H14O4. The largest absolute Gasteiger partial charge is 0.478 e. The minimum absolute atomic E-state index is 0.176. The molecule has 0 amide bonds. The van der Waals surface area contributed by atoms with Crippen LogP contribution in [-0.4, -0.2) is 17.0 Å². The third-order valence-corrected chi connectivity index (χ3v) is 0.869. The molecule has 0 saturated carbocycles. The molecule has 0 bridgehead atoms. The first-order chi connectivity index (χ1) is 5.95. The number of hydrogen-bond acceptors (Lipinski definition) is 3. The summed E-state index contributed by atoms with van der Waals surface area (Å²) in [5, 5.41) is 7.89. The van der Waals surface area contributed by atoms with Gasteiger partial charge in [-0.15, -0.1) is 0 Å². The van der Waals surface area contributed by atoms with Crippen LogP contribution in [0.4, 0.5) is 0 Å². The van der Waals surface area contributed by atoms with Crippen LogP contribution in [0.15, 0.2) is 25.0 Å². The van der Waals surface area contributed by atoms with Crippen molar-refractivity contribution in [3.05, 3.63) is 25.0 Å². The molecule has 0 aliphatic heterocycles. The number of hydrogen-bond donors (Lipinski definition) is 1. The van der Waals surface area contributed by atoms with E-state index in [1.54, 1.807) is 6.92 Å². The zero-order valence-corrected chi connectivity index (χ0v) is 7.87. The monoisotopic (exact) mass is 186 g/mol. The molecule has 0 aliphatic carbocycles. The third-order valence-electron chi connectivity index (χ3n) is 0.869. The van der Waals surface area contributed by atoms with E-state index in [1.807, 2.05) is 0 Å². The van der Waals surface area contributed by atoms with Crippen LogP contribution in [0.3, 0.4) is 0 Å². The summed E-state index contributed by atoms with van der Waals surface area (Å²) >= 11 is 0. The standard InChI is InChI=1S/C5H8O2.C4H6O2/c1-3-5(6)7-4-2;1-3(2)4(5)6/h4H,2-3H2,1H3;1H2,2H3,(H,5,6). The molecule has 74 valence electrons. The number of carbonyl (C=O) groups is 2. The SMILES string of the molecule is C=C(C)C(=O)O.C=COC(=O)CC. The van der Waals surface area contributed by atoms with Crippen LogP contribution >= 0.6 is 0 Å². The number of carboxylic acid groups (broad SMARTS) is 1. The minimum Gasteiger partial charge on any atom is -0.478 e. The summed E-state index contributed by atoms with van der Waals surface area (Å²) < 4.78 is 4.32. The Labute approximate surface area is 77.5 Å². The Morgan fingerprint density at radius 3 is 2.00 bits per heavy atom. The van der Waals surface area contributed by atoms with Crippen LogP contribution in [0.2, 0.25) is 0 Å². The summed E-state index contributed by atoms with van der Waals surface area (Å²) in [5.74, 6) is -1.18. The summed E-state index contributed by atoms with van der Waals surface area (Å²) in [4.78, 5) is 19.7. The maximum atomic E-state index is 10.1. The Morgan fingerprint density at radius 1 is 1.54 bits per heavy atom. The van der Waals surface area contributed by atoms with E-state index in [-0.39, 0.29) is 11.5 Å². The molecule has 0 rings (SSSR count). The predicted molar refractivity (Wildman–Crippen MR) is 49.0 cm³/mol. The van der Waals surface area contributed by atoms with Gasteiger partial charge in [0.1, 0.15) is 0 Å². The number of carboxylic acids is 1. The Balaban J connectivity index is 0. The van der Waals surface area contributed by atoms with E-state index in [2.05, 4.69) is 17.9 Å². The van der Waals surface area contributed by atoms with E-state index in [1.165, 1.54) is 6.92 Å². The van der Waals surface area contributed by atoms with Crippen molar-refractivity contribution >= 4 is 11.9 Å². The number of rotatable bonds is 3. The number of ether oxygens (including phenoxy) is 1. The lowest BCUT2D eigenvalue weighted by Crippen LogP contribution is -1.94. The molecule has 0 aromatic carbocycles. The molecule has 0 heterocycles. The lowest BCUT2D eigenvalue weighted by molar-refractivity contribution is -0.137. The van der Waals surface area contributed by atoms with Gasteiger partial charge in [0.2, 0.25) is 0 Å². The number of aliphatic carboxylic acids is 1. The van der Waals surface area contributed by atoms with E-state index in [4.69, 9.17) is 5.11 Å². The first kappa shape index (κ1) is 14.0. The zero-order chi connectivity index (χ0) is 10.9. The quantitative estimate of drug-likeness (QED) is 0.414. The molecule has 0 fully saturated rings. The van der Waals surface area contributed by atoms with Crippen LogP contribution < -0.4 is 0 Å². The second kappa shape index (κ2) is 8.52. The molecule has 4 nitrogen and oxygen atoms in total. The van der Waals surface area contributed by atoms with Gasteiger partial charge in [0, 0.05) is 12.0 Å². The minimum atomic E-state index is -0.935. The Hall–Kier alpha value is -1.58. The van der Waals surface area contributed by atoms with Gasteiger partial charge in [0.25, 0.3) is 0 Å². The van der Waals surface area contributed by atoms with Crippen LogP contribution in [0.5, 0.6) is 0 Å². The predicted octanol–water partition coefficient (Wildman–Crippen LogP) is 1.73. The molecule has 0 atom stereocenters. The van der Waals surface area contributed by atoms with Gasteiger partial charge in [-0.05, 0) is 6.92 Å². The molecule has 0 radical (unpaired) electrons. The fraction of sp³-hybridized carbons (Fsp3) is 0.333. The Kier molecular flexibility index (Phi) is 9.15. The van der Waals surface area contributed by atoms with E-state index < -0.39 is 5.97 Å². The average molecular weight is 186 g/mol. The van der Waals surface area contributed by atoms with Crippen LogP contribution in [0, 0.1) is 0 Å². The van der Waals surface area contributed by atoms with Gasteiger partial charge in [-0.1, -0.05) is 20.1 Å². The first-order valence-corrected chi connectivity index (χ1v) is 3.64. The third kappa shape index (κ3) is 13.4. The van der Waals surface area contributed by atoms with Crippen LogP contribution in [-0.2, 0) is 14.3 Å². The van der Waals surface area contributed by atoms with Crippen molar-refractivity contribution in [2.24, 2.45) is 0 Å².